The molecule has 5 nitrogen and oxygen atoms in total. The Morgan fingerprint density at radius 2 is 1.51 bits per heavy atom. The van der Waals surface area contributed by atoms with E-state index >= 15 is 0 Å². The number of hydrogen-bond donors (Lipinski definition) is 2. The van der Waals surface area contributed by atoms with Gasteiger partial charge in [0.2, 0.25) is 0 Å². The molecule has 0 aromatic heterocycles. The average Bonchev–Trinajstić information content (AvgIpc) is 2.82. The number of hydrogen-bond acceptors (Lipinski definition) is 3. The molecule has 0 spiro atoms. The zero-order valence-electron chi connectivity index (χ0n) is 21.9. The molecule has 1 unspecified atom stereocenters. The normalized spacial score (nSPS) is 14.1. The van der Waals surface area contributed by atoms with Crippen LogP contribution in [-0.2, 0) is 4.43 Å². The molecule has 0 heterocycles. The Balaban J connectivity index is 2.51. The van der Waals surface area contributed by atoms with Crippen molar-refractivity contribution in [1.82, 2.24) is 4.90 Å². The highest BCUT2D eigenvalue weighted by Crippen LogP contribution is 2.37. The molecule has 0 fully saturated rings. The lowest BCUT2D eigenvalue weighted by Gasteiger charge is -2.44. The molecular formula is C28H43FN2O3Si. The van der Waals surface area contributed by atoms with Crippen LogP contribution < -0.4 is 16.1 Å². The van der Waals surface area contributed by atoms with Gasteiger partial charge in [0.05, 0.1) is 12.6 Å². The molecule has 194 valence electrons. The van der Waals surface area contributed by atoms with E-state index in [4.69, 9.17) is 10.2 Å². The van der Waals surface area contributed by atoms with Crippen LogP contribution >= 0.6 is 0 Å². The Kier molecular flexibility index (Phi) is 10.9. The number of benzene rings is 2. The molecule has 7 heteroatoms. The minimum Gasteiger partial charge on any atom is -0.465 e. The van der Waals surface area contributed by atoms with Gasteiger partial charge in [-0.1, -0.05) is 95.3 Å². The van der Waals surface area contributed by atoms with Crippen molar-refractivity contribution in [3.05, 3.63) is 60.7 Å². The molecule has 35 heavy (non-hydrogen) atoms. The van der Waals surface area contributed by atoms with Crippen molar-refractivity contribution in [2.24, 2.45) is 11.7 Å². The molecule has 1 amide bonds. The fraction of sp³-hybridized carbons (Fsp3) is 0.536. The summed E-state index contributed by atoms with van der Waals surface area (Å²) in [6.45, 7) is 11.2. The third kappa shape index (κ3) is 7.63. The summed E-state index contributed by atoms with van der Waals surface area (Å²) in [4.78, 5) is 13.7. The van der Waals surface area contributed by atoms with Crippen LogP contribution in [0.3, 0.4) is 0 Å². The van der Waals surface area contributed by atoms with Gasteiger partial charge in [-0.2, -0.15) is 0 Å². The maximum atomic E-state index is 14.1. The summed E-state index contributed by atoms with van der Waals surface area (Å²) in [5, 5.41) is 12.1. The summed E-state index contributed by atoms with van der Waals surface area (Å²) in [7, 11) is -2.84. The minimum absolute atomic E-state index is 0.0681. The second kappa shape index (κ2) is 13.2. The van der Waals surface area contributed by atoms with E-state index in [1.807, 2.05) is 36.4 Å². The van der Waals surface area contributed by atoms with Crippen LogP contribution in [0.5, 0.6) is 0 Å². The van der Waals surface area contributed by atoms with E-state index in [-0.39, 0.29) is 24.6 Å². The Morgan fingerprint density at radius 1 is 1.00 bits per heavy atom. The average molecular weight is 503 g/mol. The van der Waals surface area contributed by atoms with Crippen LogP contribution in [0.25, 0.3) is 0 Å². The van der Waals surface area contributed by atoms with E-state index in [1.165, 1.54) is 4.90 Å². The Labute approximate surface area is 211 Å². The number of halogens is 1. The Bertz CT molecular complexity index is 851. The minimum atomic E-state index is -2.84. The number of alkyl halides is 1. The van der Waals surface area contributed by atoms with Crippen LogP contribution in [0.15, 0.2) is 60.7 Å². The first-order valence-corrected chi connectivity index (χ1v) is 14.5. The van der Waals surface area contributed by atoms with Gasteiger partial charge in [0.1, 0.15) is 6.17 Å². The van der Waals surface area contributed by atoms with Crippen molar-refractivity contribution in [1.29, 1.82) is 0 Å². The lowest BCUT2D eigenvalue weighted by atomic mass is 10.1. The highest BCUT2D eigenvalue weighted by Gasteiger charge is 2.50. The van der Waals surface area contributed by atoms with Crippen molar-refractivity contribution in [2.75, 3.05) is 19.7 Å². The third-order valence-corrected chi connectivity index (χ3v) is 11.6. The summed E-state index contributed by atoms with van der Waals surface area (Å²) in [5.74, 6) is 0.355. The number of rotatable bonds is 13. The van der Waals surface area contributed by atoms with Gasteiger partial charge >= 0.3 is 6.09 Å². The van der Waals surface area contributed by atoms with Gasteiger partial charge in [-0.25, -0.2) is 9.18 Å². The highest BCUT2D eigenvalue weighted by molar-refractivity contribution is 6.99. The monoisotopic (exact) mass is 502 g/mol. The van der Waals surface area contributed by atoms with E-state index in [0.29, 0.717) is 18.9 Å². The Morgan fingerprint density at radius 3 is 1.91 bits per heavy atom. The maximum Gasteiger partial charge on any atom is 0.407 e. The molecule has 0 bridgehead atoms. The van der Waals surface area contributed by atoms with Gasteiger partial charge < -0.3 is 20.2 Å². The fourth-order valence-electron chi connectivity index (χ4n) is 4.63. The predicted molar refractivity (Wildman–Crippen MR) is 145 cm³/mol. The number of carboxylic acid groups (broad SMARTS) is 1. The van der Waals surface area contributed by atoms with Crippen LogP contribution in [0.2, 0.25) is 5.04 Å². The van der Waals surface area contributed by atoms with Gasteiger partial charge in [0.15, 0.2) is 0 Å². The molecule has 2 rings (SSSR count). The largest absolute Gasteiger partial charge is 0.465 e. The van der Waals surface area contributed by atoms with Gasteiger partial charge in [-0.3, -0.25) is 0 Å². The molecule has 2 atom stereocenters. The lowest BCUT2D eigenvalue weighted by molar-refractivity contribution is 0.0901. The van der Waals surface area contributed by atoms with E-state index in [9.17, 15) is 14.3 Å². The summed E-state index contributed by atoms with van der Waals surface area (Å²) in [5.41, 5.74) is 5.52. The predicted octanol–water partition coefficient (Wildman–Crippen LogP) is 5.03. The topological polar surface area (TPSA) is 75.8 Å². The second-order valence-corrected chi connectivity index (χ2v) is 15.0. The van der Waals surface area contributed by atoms with E-state index in [0.717, 1.165) is 16.8 Å². The molecule has 0 aliphatic heterocycles. The Hall–Kier alpha value is -2.22. The number of carbonyl (C=O) groups is 1. The van der Waals surface area contributed by atoms with Gasteiger partial charge in [-0.05, 0) is 40.6 Å². The van der Waals surface area contributed by atoms with Crippen molar-refractivity contribution < 1.29 is 18.7 Å². The zero-order chi connectivity index (χ0) is 26.1. The summed E-state index contributed by atoms with van der Waals surface area (Å²) in [6, 6.07) is 20.1. The molecular weight excluding hydrogens is 459 g/mol. The fourth-order valence-corrected chi connectivity index (χ4v) is 9.23. The summed E-state index contributed by atoms with van der Waals surface area (Å²) in [6.07, 6.45) is -0.855. The van der Waals surface area contributed by atoms with Gasteiger partial charge in [-0.15, -0.1) is 0 Å². The molecule has 0 radical (unpaired) electrons. The van der Waals surface area contributed by atoms with Crippen LogP contribution in [0.4, 0.5) is 9.18 Å². The van der Waals surface area contributed by atoms with E-state index in [2.05, 4.69) is 58.9 Å². The van der Waals surface area contributed by atoms with Crippen LogP contribution in [0.1, 0.15) is 53.9 Å². The summed E-state index contributed by atoms with van der Waals surface area (Å²) < 4.78 is 21.2. The first-order valence-electron chi connectivity index (χ1n) is 12.6. The molecule has 0 aliphatic rings. The second-order valence-electron chi connectivity index (χ2n) is 10.7. The molecule has 2 aromatic rings. The summed E-state index contributed by atoms with van der Waals surface area (Å²) >= 11 is 0. The molecule has 0 saturated heterocycles. The van der Waals surface area contributed by atoms with Crippen molar-refractivity contribution in [2.45, 2.75) is 71.1 Å². The first-order chi connectivity index (χ1) is 16.5. The van der Waals surface area contributed by atoms with Crippen LogP contribution in [-0.4, -0.2) is 56.3 Å². The first kappa shape index (κ1) is 29.0. The third-order valence-electron chi connectivity index (χ3n) is 6.61. The zero-order valence-corrected chi connectivity index (χ0v) is 22.9. The number of nitrogens with zero attached hydrogens (tertiary/aromatic N) is 1. The SMILES string of the molecule is CC(C)CCN(C(=O)O)[C@@H](CCC(F)CN)CO[Si](c1ccccc1)(c1ccccc1)C(C)(C)C. The molecule has 3 N–H and O–H groups in total. The standard InChI is InChI=1S/C28H43FN2O3Si/c1-22(2)18-19-31(27(32)33)24(17-16-23(29)20-30)21-34-35(28(3,4)5,25-12-8-6-9-13-25)26-14-10-7-11-15-26/h6-15,22-24H,16-21,30H2,1-5H3,(H,32,33)/t23?,24-/m0/s1. The number of amides is 1. The highest BCUT2D eigenvalue weighted by atomic mass is 28.4. The van der Waals surface area contributed by atoms with Crippen molar-refractivity contribution in [3.8, 4) is 0 Å². The van der Waals surface area contributed by atoms with Crippen LogP contribution in [0, 0.1) is 5.92 Å². The maximum absolute atomic E-state index is 14.1. The van der Waals surface area contributed by atoms with Gasteiger partial charge in [0, 0.05) is 13.1 Å². The molecule has 0 aliphatic carbocycles. The molecule has 0 saturated carbocycles. The smallest absolute Gasteiger partial charge is 0.407 e. The van der Waals surface area contributed by atoms with Crippen molar-refractivity contribution in [3.63, 3.8) is 0 Å². The quantitative estimate of drug-likeness (QED) is 0.377. The number of nitrogens with two attached hydrogens (primary N) is 1. The lowest BCUT2D eigenvalue weighted by Crippen LogP contribution is -2.67. The van der Waals surface area contributed by atoms with E-state index < -0.39 is 26.6 Å². The van der Waals surface area contributed by atoms with E-state index in [1.54, 1.807) is 0 Å². The van der Waals surface area contributed by atoms with Gasteiger partial charge in [0.25, 0.3) is 8.32 Å². The van der Waals surface area contributed by atoms with Crippen molar-refractivity contribution >= 4 is 24.8 Å². The molecule has 2 aromatic carbocycles.